The smallest absolute Gasteiger partial charge is 0.0916 e. The van der Waals surface area contributed by atoms with Gasteiger partial charge < -0.3 is 10.0 Å². The van der Waals surface area contributed by atoms with Gasteiger partial charge in [0.1, 0.15) is 0 Å². The van der Waals surface area contributed by atoms with E-state index in [0.29, 0.717) is 12.5 Å². The van der Waals surface area contributed by atoms with Crippen LogP contribution in [0.4, 0.5) is 0 Å². The second-order valence-corrected chi connectivity index (χ2v) is 5.60. The number of likely N-dealkylation sites (N-methyl/N-ethyl adjacent to an activating group) is 1. The molecule has 0 radical (unpaired) electrons. The van der Waals surface area contributed by atoms with Gasteiger partial charge >= 0.3 is 0 Å². The Morgan fingerprint density at radius 1 is 1.19 bits per heavy atom. The number of nitrogens with zero attached hydrogens (tertiary/aromatic N) is 1. The minimum atomic E-state index is -0.406. The Morgan fingerprint density at radius 3 is 2.25 bits per heavy atom. The minimum absolute atomic E-state index is 0.406. The molecule has 1 aromatic carbocycles. The van der Waals surface area contributed by atoms with E-state index in [2.05, 4.69) is 34.7 Å². The normalized spacial score (nSPS) is 13.4. The van der Waals surface area contributed by atoms with E-state index in [1.54, 1.807) is 0 Å². The zero-order valence-corrected chi connectivity index (χ0v) is 11.7. The van der Waals surface area contributed by atoms with Crippen LogP contribution in [-0.2, 0) is 0 Å². The first-order chi connectivity index (χ1) is 7.49. The first kappa shape index (κ1) is 13.7. The van der Waals surface area contributed by atoms with Crippen molar-refractivity contribution in [2.75, 3.05) is 20.1 Å². The van der Waals surface area contributed by atoms with Crippen molar-refractivity contribution in [3.8, 4) is 0 Å². The van der Waals surface area contributed by atoms with Gasteiger partial charge in [0.05, 0.1) is 6.10 Å². The average Bonchev–Trinajstić information content (AvgIpc) is 2.16. The van der Waals surface area contributed by atoms with Gasteiger partial charge in [0.2, 0.25) is 0 Å². The van der Waals surface area contributed by atoms with E-state index in [4.69, 9.17) is 0 Å². The Balaban J connectivity index is 2.51. The first-order valence-corrected chi connectivity index (χ1v) is 6.40. The van der Waals surface area contributed by atoms with Crippen molar-refractivity contribution in [1.82, 2.24) is 4.90 Å². The number of halogens is 1. The molecule has 2 nitrogen and oxygen atoms in total. The van der Waals surface area contributed by atoms with E-state index in [1.807, 2.05) is 31.3 Å². The zero-order valence-electron chi connectivity index (χ0n) is 10.2. The fourth-order valence-corrected chi connectivity index (χ4v) is 2.05. The van der Waals surface area contributed by atoms with Gasteiger partial charge in [-0.05, 0) is 30.7 Å². The van der Waals surface area contributed by atoms with Crippen LogP contribution in [0.2, 0.25) is 0 Å². The van der Waals surface area contributed by atoms with E-state index < -0.39 is 6.10 Å². The molecule has 0 fully saturated rings. The van der Waals surface area contributed by atoms with Crippen LogP contribution in [-0.4, -0.2) is 30.1 Å². The highest BCUT2D eigenvalue weighted by molar-refractivity contribution is 9.10. The van der Waals surface area contributed by atoms with Crippen LogP contribution in [0.1, 0.15) is 25.5 Å². The fourth-order valence-electron chi connectivity index (χ4n) is 1.78. The number of hydrogen-bond acceptors (Lipinski definition) is 2. The summed E-state index contributed by atoms with van der Waals surface area (Å²) < 4.78 is 1.04. The molecule has 0 aliphatic heterocycles. The van der Waals surface area contributed by atoms with Gasteiger partial charge in [0.15, 0.2) is 0 Å². The lowest BCUT2D eigenvalue weighted by atomic mass is 10.1. The molecule has 1 rings (SSSR count). The van der Waals surface area contributed by atoms with Crippen molar-refractivity contribution in [1.29, 1.82) is 0 Å². The molecule has 0 spiro atoms. The van der Waals surface area contributed by atoms with Crippen molar-refractivity contribution >= 4 is 15.9 Å². The van der Waals surface area contributed by atoms with Crippen LogP contribution in [0, 0.1) is 5.92 Å². The van der Waals surface area contributed by atoms with Crippen LogP contribution in [0.3, 0.4) is 0 Å². The third-order valence-electron chi connectivity index (χ3n) is 2.42. The van der Waals surface area contributed by atoms with Gasteiger partial charge in [-0.3, -0.25) is 0 Å². The maximum Gasteiger partial charge on any atom is 0.0916 e. The second kappa shape index (κ2) is 6.38. The van der Waals surface area contributed by atoms with E-state index in [0.717, 1.165) is 16.6 Å². The molecule has 0 aromatic heterocycles. The van der Waals surface area contributed by atoms with Gasteiger partial charge in [0, 0.05) is 17.6 Å². The van der Waals surface area contributed by atoms with Crippen molar-refractivity contribution in [3.05, 3.63) is 34.3 Å². The van der Waals surface area contributed by atoms with E-state index in [9.17, 15) is 5.11 Å². The zero-order chi connectivity index (χ0) is 12.1. The SMILES string of the molecule is CC(C)CN(C)CC(O)c1ccc(Br)cc1. The molecule has 1 unspecified atom stereocenters. The Labute approximate surface area is 106 Å². The summed E-state index contributed by atoms with van der Waals surface area (Å²) in [5, 5.41) is 10.0. The summed E-state index contributed by atoms with van der Waals surface area (Å²) in [6.07, 6.45) is -0.406. The Morgan fingerprint density at radius 2 is 1.75 bits per heavy atom. The number of aliphatic hydroxyl groups excluding tert-OH is 1. The number of benzene rings is 1. The average molecular weight is 286 g/mol. The van der Waals surface area contributed by atoms with Crippen molar-refractivity contribution in [2.24, 2.45) is 5.92 Å². The summed E-state index contributed by atoms with van der Waals surface area (Å²) in [4.78, 5) is 2.16. The predicted molar refractivity (Wildman–Crippen MR) is 71.4 cm³/mol. The molecule has 16 heavy (non-hydrogen) atoms. The topological polar surface area (TPSA) is 23.5 Å². The largest absolute Gasteiger partial charge is 0.387 e. The van der Waals surface area contributed by atoms with Crippen molar-refractivity contribution in [3.63, 3.8) is 0 Å². The third kappa shape index (κ3) is 4.64. The van der Waals surface area contributed by atoms with Crippen LogP contribution in [0.5, 0.6) is 0 Å². The summed E-state index contributed by atoms with van der Waals surface area (Å²) in [5.41, 5.74) is 0.971. The molecule has 0 heterocycles. The van der Waals surface area contributed by atoms with Crippen LogP contribution >= 0.6 is 15.9 Å². The first-order valence-electron chi connectivity index (χ1n) is 5.61. The Bertz CT molecular complexity index is 310. The highest BCUT2D eigenvalue weighted by atomic mass is 79.9. The maximum atomic E-state index is 10.0. The monoisotopic (exact) mass is 285 g/mol. The molecule has 0 amide bonds. The standard InChI is InChI=1S/C13H20BrNO/c1-10(2)8-15(3)9-13(16)11-4-6-12(14)7-5-11/h4-7,10,13,16H,8-9H2,1-3H3. The molecule has 1 atom stereocenters. The molecule has 0 bridgehead atoms. The second-order valence-electron chi connectivity index (χ2n) is 4.68. The lowest BCUT2D eigenvalue weighted by Crippen LogP contribution is -2.28. The molecular formula is C13H20BrNO. The summed E-state index contributed by atoms with van der Waals surface area (Å²) in [5.74, 6) is 0.627. The van der Waals surface area contributed by atoms with Crippen LogP contribution in [0.15, 0.2) is 28.7 Å². The summed E-state index contributed by atoms with van der Waals surface area (Å²) in [6.45, 7) is 6.05. The number of aliphatic hydroxyl groups is 1. The number of rotatable bonds is 5. The molecule has 0 aliphatic carbocycles. The summed E-state index contributed by atoms with van der Waals surface area (Å²) >= 11 is 3.39. The van der Waals surface area contributed by atoms with E-state index >= 15 is 0 Å². The summed E-state index contributed by atoms with van der Waals surface area (Å²) in [6, 6.07) is 7.83. The molecule has 0 saturated carbocycles. The van der Waals surface area contributed by atoms with Gasteiger partial charge in [0.25, 0.3) is 0 Å². The van der Waals surface area contributed by atoms with Crippen LogP contribution < -0.4 is 0 Å². The molecule has 0 aliphatic rings. The van der Waals surface area contributed by atoms with E-state index in [-0.39, 0.29) is 0 Å². The highest BCUT2D eigenvalue weighted by Gasteiger charge is 2.11. The fraction of sp³-hybridized carbons (Fsp3) is 0.538. The number of hydrogen-bond donors (Lipinski definition) is 1. The lowest BCUT2D eigenvalue weighted by Gasteiger charge is -2.22. The lowest BCUT2D eigenvalue weighted by molar-refractivity contribution is 0.121. The quantitative estimate of drug-likeness (QED) is 0.899. The molecule has 90 valence electrons. The van der Waals surface area contributed by atoms with Gasteiger partial charge in [-0.25, -0.2) is 0 Å². The van der Waals surface area contributed by atoms with Gasteiger partial charge in [-0.2, -0.15) is 0 Å². The van der Waals surface area contributed by atoms with Crippen molar-refractivity contribution < 1.29 is 5.11 Å². The molecule has 1 N–H and O–H groups in total. The molecular weight excluding hydrogens is 266 g/mol. The molecule has 1 aromatic rings. The maximum absolute atomic E-state index is 10.0. The molecule has 0 saturated heterocycles. The Hall–Kier alpha value is -0.380. The van der Waals surface area contributed by atoms with Gasteiger partial charge in [-0.1, -0.05) is 41.9 Å². The minimum Gasteiger partial charge on any atom is -0.387 e. The molecule has 3 heteroatoms. The van der Waals surface area contributed by atoms with Crippen molar-refractivity contribution in [2.45, 2.75) is 20.0 Å². The van der Waals surface area contributed by atoms with E-state index in [1.165, 1.54) is 0 Å². The van der Waals surface area contributed by atoms with Crippen LogP contribution in [0.25, 0.3) is 0 Å². The Kier molecular flexibility index (Phi) is 5.46. The highest BCUT2D eigenvalue weighted by Crippen LogP contribution is 2.17. The summed E-state index contributed by atoms with van der Waals surface area (Å²) in [7, 11) is 2.04. The predicted octanol–water partition coefficient (Wildman–Crippen LogP) is 3.07. The third-order valence-corrected chi connectivity index (χ3v) is 2.94. The van der Waals surface area contributed by atoms with Gasteiger partial charge in [-0.15, -0.1) is 0 Å².